The smallest absolute Gasteiger partial charge is 0.258 e. The zero-order valence-corrected chi connectivity index (χ0v) is 15.0. The average Bonchev–Trinajstić information content (AvgIpc) is 2.96. The Hall–Kier alpha value is -1.22. The standard InChI is InChI=1S/C15H16O5S3/c1-10-3-5-12(6-4-10)23(18,19)20-14-9-11(2)22(16,17)15-13(14)7-8-21-15/h3-8,11,14H,9H2,1-2H3/t11-,14?/m0/s1. The molecule has 2 heterocycles. The molecule has 2 atom stereocenters. The minimum atomic E-state index is -3.95. The zero-order valence-electron chi connectivity index (χ0n) is 12.6. The minimum Gasteiger partial charge on any atom is -0.258 e. The van der Waals surface area contributed by atoms with Gasteiger partial charge in [0.1, 0.15) is 10.3 Å². The highest BCUT2D eigenvalue weighted by molar-refractivity contribution is 7.94. The van der Waals surface area contributed by atoms with E-state index in [1.165, 1.54) is 12.1 Å². The summed E-state index contributed by atoms with van der Waals surface area (Å²) in [6, 6.07) is 7.99. The third kappa shape index (κ3) is 2.96. The lowest BCUT2D eigenvalue weighted by atomic mass is 10.1. The molecular formula is C15H16O5S3. The molecule has 8 heteroatoms. The van der Waals surface area contributed by atoms with Gasteiger partial charge in [-0.05, 0) is 43.8 Å². The molecule has 1 aliphatic rings. The number of hydrogen-bond donors (Lipinski definition) is 0. The van der Waals surface area contributed by atoms with E-state index in [4.69, 9.17) is 4.18 Å². The highest BCUT2D eigenvalue weighted by atomic mass is 32.2. The van der Waals surface area contributed by atoms with Crippen LogP contribution in [0.3, 0.4) is 0 Å². The molecule has 1 aliphatic heterocycles. The molecule has 0 N–H and O–H groups in total. The van der Waals surface area contributed by atoms with Crippen molar-refractivity contribution in [1.82, 2.24) is 0 Å². The quantitative estimate of drug-likeness (QED) is 0.774. The first-order valence-corrected chi connectivity index (χ1v) is 10.9. The van der Waals surface area contributed by atoms with E-state index in [0.29, 0.717) is 5.56 Å². The average molecular weight is 372 g/mol. The van der Waals surface area contributed by atoms with Crippen molar-refractivity contribution in [2.24, 2.45) is 0 Å². The largest absolute Gasteiger partial charge is 0.297 e. The van der Waals surface area contributed by atoms with Crippen LogP contribution in [0.5, 0.6) is 0 Å². The molecule has 0 radical (unpaired) electrons. The maximum Gasteiger partial charge on any atom is 0.297 e. The molecule has 124 valence electrons. The minimum absolute atomic E-state index is 0.0703. The maximum absolute atomic E-state index is 12.4. The van der Waals surface area contributed by atoms with Gasteiger partial charge >= 0.3 is 0 Å². The summed E-state index contributed by atoms with van der Waals surface area (Å²) in [7, 11) is -7.34. The fraction of sp³-hybridized carbons (Fsp3) is 0.333. The van der Waals surface area contributed by atoms with Crippen LogP contribution in [0.2, 0.25) is 0 Å². The van der Waals surface area contributed by atoms with E-state index in [0.717, 1.165) is 16.9 Å². The van der Waals surface area contributed by atoms with Crippen molar-refractivity contribution < 1.29 is 21.0 Å². The molecule has 0 aliphatic carbocycles. The fourth-order valence-electron chi connectivity index (χ4n) is 2.52. The fourth-order valence-corrected chi connectivity index (χ4v) is 6.78. The SMILES string of the molecule is Cc1ccc(S(=O)(=O)OC2C[C@H](C)S(=O)(=O)c3sccc32)cc1. The molecule has 0 saturated carbocycles. The second kappa shape index (κ2) is 5.70. The van der Waals surface area contributed by atoms with E-state index in [9.17, 15) is 16.8 Å². The van der Waals surface area contributed by atoms with Gasteiger partial charge in [-0.1, -0.05) is 17.7 Å². The van der Waals surface area contributed by atoms with Crippen molar-refractivity contribution in [2.75, 3.05) is 0 Å². The Bertz CT molecular complexity index is 924. The highest BCUT2D eigenvalue weighted by Gasteiger charge is 2.40. The van der Waals surface area contributed by atoms with E-state index < -0.39 is 31.3 Å². The van der Waals surface area contributed by atoms with E-state index in [1.807, 2.05) is 6.92 Å². The predicted molar refractivity (Wildman–Crippen MR) is 87.8 cm³/mol. The molecule has 23 heavy (non-hydrogen) atoms. The van der Waals surface area contributed by atoms with E-state index in [2.05, 4.69) is 0 Å². The second-order valence-electron chi connectivity index (χ2n) is 5.61. The van der Waals surface area contributed by atoms with Gasteiger partial charge in [-0.2, -0.15) is 8.42 Å². The Kier molecular flexibility index (Phi) is 4.12. The van der Waals surface area contributed by atoms with Crippen LogP contribution in [0.15, 0.2) is 44.8 Å². The van der Waals surface area contributed by atoms with Crippen LogP contribution in [0.1, 0.15) is 30.6 Å². The highest BCUT2D eigenvalue weighted by Crippen LogP contribution is 2.42. The first kappa shape index (κ1) is 16.6. The molecule has 0 saturated heterocycles. The molecular weight excluding hydrogens is 356 g/mol. The van der Waals surface area contributed by atoms with Crippen LogP contribution in [0, 0.1) is 6.92 Å². The number of hydrogen-bond acceptors (Lipinski definition) is 6. The van der Waals surface area contributed by atoms with Crippen molar-refractivity contribution in [1.29, 1.82) is 0 Å². The third-order valence-electron chi connectivity index (χ3n) is 3.89. The van der Waals surface area contributed by atoms with Crippen LogP contribution < -0.4 is 0 Å². The first-order valence-electron chi connectivity index (χ1n) is 7.03. The van der Waals surface area contributed by atoms with Crippen LogP contribution >= 0.6 is 11.3 Å². The number of aryl methyl sites for hydroxylation is 1. The summed E-state index contributed by atoms with van der Waals surface area (Å²) in [5, 5.41) is 0.974. The summed E-state index contributed by atoms with van der Waals surface area (Å²) in [6.45, 7) is 3.44. The second-order valence-corrected chi connectivity index (χ2v) is 10.7. The summed E-state index contributed by atoms with van der Waals surface area (Å²) < 4.78 is 55.0. The van der Waals surface area contributed by atoms with Gasteiger partial charge in [0.25, 0.3) is 10.1 Å². The van der Waals surface area contributed by atoms with Gasteiger partial charge in [0.2, 0.25) is 0 Å². The van der Waals surface area contributed by atoms with E-state index >= 15 is 0 Å². The van der Waals surface area contributed by atoms with Crippen LogP contribution in [-0.2, 0) is 24.1 Å². The van der Waals surface area contributed by atoms with Crippen LogP contribution in [-0.4, -0.2) is 22.1 Å². The zero-order chi connectivity index (χ0) is 16.8. The number of thiophene rings is 1. The molecule has 1 unspecified atom stereocenters. The van der Waals surface area contributed by atoms with E-state index in [-0.39, 0.29) is 15.5 Å². The Morgan fingerprint density at radius 2 is 1.83 bits per heavy atom. The monoisotopic (exact) mass is 372 g/mol. The number of sulfone groups is 1. The normalized spacial score (nSPS) is 23.4. The molecule has 3 rings (SSSR count). The van der Waals surface area contributed by atoms with Gasteiger partial charge in [0.15, 0.2) is 9.84 Å². The lowest BCUT2D eigenvalue weighted by molar-refractivity contribution is 0.196. The van der Waals surface area contributed by atoms with Gasteiger partial charge in [-0.3, -0.25) is 4.18 Å². The van der Waals surface area contributed by atoms with Crippen molar-refractivity contribution in [3.63, 3.8) is 0 Å². The van der Waals surface area contributed by atoms with Crippen LogP contribution in [0.4, 0.5) is 0 Å². The van der Waals surface area contributed by atoms with Gasteiger partial charge in [0.05, 0.1) is 10.1 Å². The molecule has 0 amide bonds. The molecule has 1 aromatic carbocycles. The van der Waals surface area contributed by atoms with Gasteiger partial charge in [0, 0.05) is 5.56 Å². The Balaban J connectivity index is 1.96. The first-order chi connectivity index (χ1) is 10.7. The van der Waals surface area contributed by atoms with Gasteiger partial charge < -0.3 is 0 Å². The van der Waals surface area contributed by atoms with Crippen molar-refractivity contribution in [2.45, 2.75) is 40.7 Å². The molecule has 1 aromatic heterocycles. The van der Waals surface area contributed by atoms with E-state index in [1.54, 1.807) is 30.5 Å². The summed E-state index contributed by atoms with van der Waals surface area (Å²) in [6.07, 6.45) is -0.655. The Morgan fingerprint density at radius 1 is 1.17 bits per heavy atom. The van der Waals surface area contributed by atoms with Crippen LogP contribution in [0.25, 0.3) is 0 Å². The molecule has 0 fully saturated rings. The topological polar surface area (TPSA) is 77.5 Å². The number of benzene rings is 1. The van der Waals surface area contributed by atoms with Crippen molar-refractivity contribution in [3.05, 3.63) is 46.8 Å². The van der Waals surface area contributed by atoms with Crippen molar-refractivity contribution in [3.8, 4) is 0 Å². The summed E-state index contributed by atoms with van der Waals surface area (Å²) in [4.78, 5) is 0.0703. The molecule has 0 bridgehead atoms. The number of rotatable bonds is 3. The Morgan fingerprint density at radius 3 is 2.48 bits per heavy atom. The lowest BCUT2D eigenvalue weighted by Gasteiger charge is -2.26. The summed E-state index contributed by atoms with van der Waals surface area (Å²) >= 11 is 1.10. The summed E-state index contributed by atoms with van der Waals surface area (Å²) in [5.74, 6) is 0. The molecule has 0 spiro atoms. The van der Waals surface area contributed by atoms with Gasteiger partial charge in [-0.15, -0.1) is 11.3 Å². The van der Waals surface area contributed by atoms with Crippen molar-refractivity contribution >= 4 is 31.3 Å². The predicted octanol–water partition coefficient (Wildman–Crippen LogP) is 3.07. The lowest BCUT2D eigenvalue weighted by Crippen LogP contribution is -2.28. The summed E-state index contributed by atoms with van der Waals surface area (Å²) in [5.41, 5.74) is 1.38. The molecule has 2 aromatic rings. The maximum atomic E-state index is 12.4. The number of fused-ring (bicyclic) bond motifs is 1. The van der Waals surface area contributed by atoms with Gasteiger partial charge in [-0.25, -0.2) is 8.42 Å². The molecule has 5 nitrogen and oxygen atoms in total. The Labute approximate surface area is 140 Å². The third-order valence-corrected chi connectivity index (χ3v) is 8.94.